The van der Waals surface area contributed by atoms with Gasteiger partial charge in [0.25, 0.3) is 0 Å². The Morgan fingerprint density at radius 3 is 1.43 bits per heavy atom. The van der Waals surface area contributed by atoms with Crippen LogP contribution in [0.15, 0.2) is 11.1 Å². The summed E-state index contributed by atoms with van der Waals surface area (Å²) in [5.41, 5.74) is 3.96. The lowest BCUT2D eigenvalue weighted by Crippen LogP contribution is -2.07. The van der Waals surface area contributed by atoms with Crippen LogP contribution in [0, 0.1) is 23.7 Å². The quantitative estimate of drug-likeness (QED) is 0.505. The summed E-state index contributed by atoms with van der Waals surface area (Å²) in [6.07, 6.45) is 12.4. The molecule has 0 radical (unpaired) electrons. The van der Waals surface area contributed by atoms with Crippen molar-refractivity contribution >= 4 is 0 Å². The van der Waals surface area contributed by atoms with Crippen molar-refractivity contribution in [1.82, 2.24) is 0 Å². The van der Waals surface area contributed by atoms with E-state index in [9.17, 15) is 0 Å². The summed E-state index contributed by atoms with van der Waals surface area (Å²) in [4.78, 5) is 0. The Morgan fingerprint density at radius 2 is 1.14 bits per heavy atom. The van der Waals surface area contributed by atoms with Crippen molar-refractivity contribution in [1.29, 1.82) is 0 Å². The molecule has 4 aliphatic carbocycles. The van der Waals surface area contributed by atoms with Crippen LogP contribution in [0.3, 0.4) is 0 Å². The summed E-state index contributed by atoms with van der Waals surface area (Å²) >= 11 is 0. The van der Waals surface area contributed by atoms with Crippen LogP contribution in [0.2, 0.25) is 0 Å². The molecule has 0 aromatic carbocycles. The van der Waals surface area contributed by atoms with Crippen LogP contribution in [0.1, 0.15) is 51.4 Å². The average Bonchev–Trinajstić information content (AvgIpc) is 2.96. The van der Waals surface area contributed by atoms with Crippen LogP contribution < -0.4 is 0 Å². The van der Waals surface area contributed by atoms with Crippen molar-refractivity contribution < 1.29 is 0 Å². The van der Waals surface area contributed by atoms with Crippen LogP contribution in [0.25, 0.3) is 0 Å². The van der Waals surface area contributed by atoms with Crippen molar-refractivity contribution in [3.8, 4) is 0 Å². The maximum Gasteiger partial charge on any atom is -0.0197 e. The van der Waals surface area contributed by atoms with Crippen molar-refractivity contribution in [2.45, 2.75) is 51.4 Å². The zero-order valence-electron chi connectivity index (χ0n) is 8.97. The highest BCUT2D eigenvalue weighted by atomic mass is 14.5. The Hall–Kier alpha value is -0.260. The molecule has 0 N–H and O–H groups in total. The SMILES string of the molecule is C1CC2CC1C/C2=C1/CC2CCC1C2. The Kier molecular flexibility index (Phi) is 1.51. The molecule has 76 valence electrons. The van der Waals surface area contributed by atoms with E-state index in [-0.39, 0.29) is 0 Å². The number of hydrogen-bond acceptors (Lipinski definition) is 0. The molecule has 4 unspecified atom stereocenters. The third kappa shape index (κ3) is 0.951. The van der Waals surface area contributed by atoms with Gasteiger partial charge in [0.2, 0.25) is 0 Å². The Labute approximate surface area is 86.8 Å². The van der Waals surface area contributed by atoms with E-state index in [1.54, 1.807) is 38.5 Å². The minimum Gasteiger partial charge on any atom is -0.0673 e. The predicted octanol–water partition coefficient (Wildman–Crippen LogP) is 3.92. The molecule has 4 rings (SSSR count). The second kappa shape index (κ2) is 2.65. The highest BCUT2D eigenvalue weighted by Gasteiger charge is 2.42. The number of rotatable bonds is 0. The lowest BCUT2D eigenvalue weighted by molar-refractivity contribution is 0.521. The summed E-state index contributed by atoms with van der Waals surface area (Å²) < 4.78 is 0. The van der Waals surface area contributed by atoms with Crippen molar-refractivity contribution in [3.63, 3.8) is 0 Å². The normalized spacial score (nSPS) is 54.9. The molecule has 0 aromatic heterocycles. The van der Waals surface area contributed by atoms with Gasteiger partial charge in [-0.3, -0.25) is 0 Å². The lowest BCUT2D eigenvalue weighted by Gasteiger charge is -2.22. The van der Waals surface area contributed by atoms with Crippen LogP contribution in [-0.4, -0.2) is 0 Å². The third-order valence-electron chi connectivity index (χ3n) is 5.50. The van der Waals surface area contributed by atoms with Gasteiger partial charge < -0.3 is 0 Å². The molecule has 4 fully saturated rings. The summed E-state index contributed by atoms with van der Waals surface area (Å²) in [6, 6.07) is 0. The number of hydrogen-bond donors (Lipinski definition) is 0. The monoisotopic (exact) mass is 188 g/mol. The molecule has 4 saturated carbocycles. The Bertz CT molecular complexity index is 269. The highest BCUT2D eigenvalue weighted by Crippen LogP contribution is 2.56. The zero-order valence-corrected chi connectivity index (χ0v) is 8.97. The molecule has 0 saturated heterocycles. The molecule has 4 bridgehead atoms. The van der Waals surface area contributed by atoms with E-state index < -0.39 is 0 Å². The molecule has 14 heavy (non-hydrogen) atoms. The van der Waals surface area contributed by atoms with Gasteiger partial charge in [-0.15, -0.1) is 0 Å². The number of fused-ring (bicyclic) bond motifs is 4. The molecule has 0 amide bonds. The van der Waals surface area contributed by atoms with Gasteiger partial charge in [0.1, 0.15) is 0 Å². The van der Waals surface area contributed by atoms with E-state index in [1.807, 2.05) is 11.1 Å². The van der Waals surface area contributed by atoms with Gasteiger partial charge >= 0.3 is 0 Å². The van der Waals surface area contributed by atoms with E-state index in [4.69, 9.17) is 0 Å². The minimum absolute atomic E-state index is 1.06. The van der Waals surface area contributed by atoms with Crippen molar-refractivity contribution in [2.24, 2.45) is 23.7 Å². The van der Waals surface area contributed by atoms with Gasteiger partial charge in [-0.05, 0) is 75.0 Å². The van der Waals surface area contributed by atoms with Gasteiger partial charge in [-0.1, -0.05) is 11.1 Å². The van der Waals surface area contributed by atoms with Gasteiger partial charge in [0.15, 0.2) is 0 Å². The van der Waals surface area contributed by atoms with Crippen LogP contribution in [-0.2, 0) is 0 Å². The Balaban J connectivity index is 1.70. The maximum atomic E-state index is 1.98. The first-order valence-electron chi connectivity index (χ1n) is 6.62. The van der Waals surface area contributed by atoms with E-state index in [0.717, 1.165) is 23.7 Å². The molecule has 0 aromatic rings. The molecule has 0 nitrogen and oxygen atoms in total. The van der Waals surface area contributed by atoms with Crippen LogP contribution in [0.4, 0.5) is 0 Å². The van der Waals surface area contributed by atoms with Crippen LogP contribution in [0.5, 0.6) is 0 Å². The Morgan fingerprint density at radius 1 is 0.643 bits per heavy atom. The number of allylic oxidation sites excluding steroid dienone is 2. The van der Waals surface area contributed by atoms with E-state index >= 15 is 0 Å². The molecule has 4 aliphatic rings. The summed E-state index contributed by atoms with van der Waals surface area (Å²) in [6.45, 7) is 0. The van der Waals surface area contributed by atoms with E-state index in [0.29, 0.717) is 0 Å². The van der Waals surface area contributed by atoms with Crippen molar-refractivity contribution in [2.75, 3.05) is 0 Å². The molecular formula is C14H20. The molecule has 4 atom stereocenters. The lowest BCUT2D eigenvalue weighted by atomic mass is 9.83. The molecule has 0 heterocycles. The fourth-order valence-corrected chi connectivity index (χ4v) is 4.90. The van der Waals surface area contributed by atoms with Gasteiger partial charge in [-0.2, -0.15) is 0 Å². The first-order valence-corrected chi connectivity index (χ1v) is 6.62. The fraction of sp³-hybridized carbons (Fsp3) is 0.857. The summed E-state index contributed by atoms with van der Waals surface area (Å²) in [5.74, 6) is 4.35. The summed E-state index contributed by atoms with van der Waals surface area (Å²) in [7, 11) is 0. The third-order valence-corrected chi connectivity index (χ3v) is 5.50. The largest absolute Gasteiger partial charge is 0.0673 e. The molecule has 0 heteroatoms. The molecule has 0 aliphatic heterocycles. The first-order chi connectivity index (χ1) is 6.90. The van der Waals surface area contributed by atoms with Gasteiger partial charge in [0.05, 0.1) is 0 Å². The second-order valence-electron chi connectivity index (χ2n) is 6.21. The topological polar surface area (TPSA) is 0 Å². The minimum atomic E-state index is 1.06. The first kappa shape index (κ1) is 7.96. The highest BCUT2D eigenvalue weighted by molar-refractivity contribution is 5.29. The molecule has 0 spiro atoms. The van der Waals surface area contributed by atoms with Gasteiger partial charge in [0, 0.05) is 0 Å². The van der Waals surface area contributed by atoms with E-state index in [2.05, 4.69) is 0 Å². The smallest absolute Gasteiger partial charge is 0.0197 e. The van der Waals surface area contributed by atoms with Crippen molar-refractivity contribution in [3.05, 3.63) is 11.1 Å². The average molecular weight is 188 g/mol. The predicted molar refractivity (Wildman–Crippen MR) is 57.9 cm³/mol. The maximum absolute atomic E-state index is 1.98. The van der Waals surface area contributed by atoms with Gasteiger partial charge in [-0.25, -0.2) is 0 Å². The summed E-state index contributed by atoms with van der Waals surface area (Å²) in [5, 5.41) is 0. The zero-order chi connectivity index (χ0) is 9.12. The standard InChI is InChI=1S/C14H20/c1-3-11-5-9(1)7-13(11)14-8-10-2-4-12(14)6-10/h9-12H,1-8H2/b14-13+. The van der Waals surface area contributed by atoms with E-state index in [1.165, 1.54) is 12.8 Å². The fourth-order valence-electron chi connectivity index (χ4n) is 4.90. The second-order valence-corrected chi connectivity index (χ2v) is 6.21. The van der Waals surface area contributed by atoms with Crippen LogP contribution >= 0.6 is 0 Å². The molecular weight excluding hydrogens is 168 g/mol.